The van der Waals surface area contributed by atoms with Crippen LogP contribution in [0.25, 0.3) is 11.1 Å². The quantitative estimate of drug-likeness (QED) is 0.146. The first-order valence-electron chi connectivity index (χ1n) is 16.1. The summed E-state index contributed by atoms with van der Waals surface area (Å²) in [5.41, 5.74) is 7.55. The normalized spacial score (nSPS) is 18.0. The molecule has 47 heavy (non-hydrogen) atoms. The fraction of sp³-hybridized carbons (Fsp3) is 0.400. The molecule has 0 radical (unpaired) electrons. The van der Waals surface area contributed by atoms with Crippen molar-refractivity contribution in [3.63, 3.8) is 0 Å². The number of esters is 1. The van der Waals surface area contributed by atoms with Gasteiger partial charge in [0.05, 0.1) is 28.4 Å². The molecule has 0 fully saturated rings. The SMILES string of the molecule is COc1cc2c(c(OC)c1OC)-c1ccc(OC)c(=O)cc1[C@H](OC(=O)/C=C(C)/C=C/C=C(C)/C=C/C1=C(C)CCCC1(C)C)CC2. The molecule has 4 rings (SSSR count). The van der Waals surface area contributed by atoms with Crippen LogP contribution in [0.5, 0.6) is 23.0 Å². The zero-order chi connectivity index (χ0) is 34.3. The van der Waals surface area contributed by atoms with Crippen molar-refractivity contribution in [1.82, 2.24) is 0 Å². The summed E-state index contributed by atoms with van der Waals surface area (Å²) < 4.78 is 28.5. The molecule has 0 aromatic heterocycles. The van der Waals surface area contributed by atoms with E-state index in [4.69, 9.17) is 23.7 Å². The number of carbonyl (C=O) groups is 1. The molecule has 0 amide bonds. The van der Waals surface area contributed by atoms with Gasteiger partial charge in [-0.15, -0.1) is 0 Å². The Bertz CT molecular complexity index is 1720. The summed E-state index contributed by atoms with van der Waals surface area (Å²) in [6.07, 6.45) is 15.6. The first kappa shape index (κ1) is 35.3. The highest BCUT2D eigenvalue weighted by molar-refractivity contribution is 5.85. The second kappa shape index (κ2) is 15.4. The fourth-order valence-corrected chi connectivity index (χ4v) is 6.59. The van der Waals surface area contributed by atoms with E-state index in [0.717, 1.165) is 28.7 Å². The first-order chi connectivity index (χ1) is 22.4. The molecule has 2 aliphatic carbocycles. The van der Waals surface area contributed by atoms with Gasteiger partial charge in [0.15, 0.2) is 17.2 Å². The lowest BCUT2D eigenvalue weighted by Crippen LogP contribution is -2.19. The lowest BCUT2D eigenvalue weighted by atomic mass is 9.72. The Hall–Kier alpha value is -4.52. The van der Waals surface area contributed by atoms with E-state index in [1.54, 1.807) is 33.5 Å². The molecule has 0 unspecified atom stereocenters. The van der Waals surface area contributed by atoms with E-state index >= 15 is 0 Å². The molecular weight excluding hydrogens is 592 g/mol. The van der Waals surface area contributed by atoms with Crippen LogP contribution in [0.2, 0.25) is 0 Å². The van der Waals surface area contributed by atoms with Crippen LogP contribution in [0, 0.1) is 5.41 Å². The maximum absolute atomic E-state index is 13.3. The molecule has 1 atom stereocenters. The van der Waals surface area contributed by atoms with Gasteiger partial charge in [0, 0.05) is 17.2 Å². The van der Waals surface area contributed by atoms with Crippen molar-refractivity contribution in [3.05, 3.63) is 104 Å². The molecule has 0 bridgehead atoms. The summed E-state index contributed by atoms with van der Waals surface area (Å²) in [6, 6.07) is 6.82. The number of rotatable bonds is 10. The number of fused-ring (bicyclic) bond motifs is 3. The van der Waals surface area contributed by atoms with Crippen molar-refractivity contribution in [2.75, 3.05) is 28.4 Å². The third-order valence-electron chi connectivity index (χ3n) is 9.04. The van der Waals surface area contributed by atoms with Gasteiger partial charge in [-0.2, -0.15) is 0 Å². The molecule has 7 nitrogen and oxygen atoms in total. The van der Waals surface area contributed by atoms with Crippen molar-refractivity contribution < 1.29 is 28.5 Å². The minimum absolute atomic E-state index is 0.178. The predicted molar refractivity (Wildman–Crippen MR) is 188 cm³/mol. The van der Waals surface area contributed by atoms with E-state index in [-0.39, 0.29) is 16.6 Å². The molecule has 7 heteroatoms. The standard InChI is InChI=1S/C40H48O7/c1-25(15-18-31-27(3)14-11-21-40(31,4)5)12-10-13-26(2)22-36(42)47-33-19-16-28-23-35(44-7)38(45-8)39(46-9)37(28)29-17-20-34(43-6)32(41)24-30(29)33/h10,12-13,15,17-18,20,22-24,33H,11,14,16,19,21H2,1-9H3/b13-10+,18-15+,25-12+,26-22+/t33-/m1/s1. The van der Waals surface area contributed by atoms with E-state index < -0.39 is 12.1 Å². The number of aryl methyl sites for hydroxylation is 1. The van der Waals surface area contributed by atoms with Crippen LogP contribution < -0.4 is 24.4 Å². The van der Waals surface area contributed by atoms with Gasteiger partial charge in [-0.25, -0.2) is 4.79 Å². The molecule has 0 saturated heterocycles. The Morgan fingerprint density at radius 1 is 0.894 bits per heavy atom. The number of hydrogen-bond donors (Lipinski definition) is 0. The van der Waals surface area contributed by atoms with E-state index in [2.05, 4.69) is 39.8 Å². The summed E-state index contributed by atoms with van der Waals surface area (Å²) in [5.74, 6) is 1.12. The summed E-state index contributed by atoms with van der Waals surface area (Å²) >= 11 is 0. The molecule has 0 heterocycles. The highest BCUT2D eigenvalue weighted by Crippen LogP contribution is 2.50. The summed E-state index contributed by atoms with van der Waals surface area (Å²) in [6.45, 7) is 10.8. The van der Waals surface area contributed by atoms with Crippen LogP contribution in [0.1, 0.15) is 77.5 Å². The number of carbonyl (C=O) groups excluding carboxylic acids is 1. The van der Waals surface area contributed by atoms with Crippen molar-refractivity contribution in [1.29, 1.82) is 0 Å². The van der Waals surface area contributed by atoms with E-state index in [0.29, 0.717) is 41.2 Å². The maximum Gasteiger partial charge on any atom is 0.331 e. The molecule has 2 aromatic rings. The fourth-order valence-electron chi connectivity index (χ4n) is 6.59. The summed E-state index contributed by atoms with van der Waals surface area (Å²) in [7, 11) is 6.13. The second-order valence-electron chi connectivity index (χ2n) is 12.8. The Labute approximate surface area is 279 Å². The van der Waals surface area contributed by atoms with Crippen molar-refractivity contribution in [2.24, 2.45) is 5.41 Å². The molecule has 2 aromatic carbocycles. The Morgan fingerprint density at radius 3 is 2.28 bits per heavy atom. The number of benzene rings is 1. The Kier molecular flexibility index (Phi) is 11.6. The van der Waals surface area contributed by atoms with Gasteiger partial charge in [-0.1, -0.05) is 55.4 Å². The minimum Gasteiger partial charge on any atom is -0.493 e. The summed E-state index contributed by atoms with van der Waals surface area (Å²) in [4.78, 5) is 26.4. The number of methoxy groups -OCH3 is 4. The Balaban J connectivity index is 1.61. The number of allylic oxidation sites excluding steroid dienone is 9. The molecular formula is C40H48O7. The van der Waals surface area contributed by atoms with Gasteiger partial charge in [0.2, 0.25) is 11.2 Å². The minimum atomic E-state index is -0.696. The van der Waals surface area contributed by atoms with Crippen LogP contribution in [0.15, 0.2) is 87.8 Å². The van der Waals surface area contributed by atoms with Crippen LogP contribution in [-0.2, 0) is 16.0 Å². The first-order valence-corrected chi connectivity index (χ1v) is 16.1. The van der Waals surface area contributed by atoms with Gasteiger partial charge in [0.25, 0.3) is 0 Å². The van der Waals surface area contributed by atoms with Gasteiger partial charge in [0.1, 0.15) is 6.10 Å². The third-order valence-corrected chi connectivity index (χ3v) is 9.04. The summed E-state index contributed by atoms with van der Waals surface area (Å²) in [5, 5.41) is 0. The monoisotopic (exact) mass is 640 g/mol. The molecule has 0 saturated carbocycles. The molecule has 0 aliphatic heterocycles. The number of ether oxygens (including phenoxy) is 5. The second-order valence-corrected chi connectivity index (χ2v) is 12.8. The van der Waals surface area contributed by atoms with E-state index in [1.165, 1.54) is 43.2 Å². The molecule has 2 aliphatic rings. The Morgan fingerprint density at radius 2 is 1.62 bits per heavy atom. The van der Waals surface area contributed by atoms with Crippen molar-refractivity contribution >= 4 is 5.97 Å². The average molecular weight is 641 g/mol. The maximum atomic E-state index is 13.3. The van der Waals surface area contributed by atoms with E-state index in [9.17, 15) is 9.59 Å². The zero-order valence-electron chi connectivity index (χ0n) is 29.2. The lowest BCUT2D eigenvalue weighted by molar-refractivity contribution is -0.143. The topological polar surface area (TPSA) is 80.3 Å². The van der Waals surface area contributed by atoms with E-state index in [1.807, 2.05) is 31.2 Å². The van der Waals surface area contributed by atoms with Crippen LogP contribution in [-0.4, -0.2) is 34.4 Å². The average Bonchev–Trinajstić information content (AvgIpc) is 3.27. The van der Waals surface area contributed by atoms with Crippen LogP contribution >= 0.6 is 0 Å². The van der Waals surface area contributed by atoms with Crippen LogP contribution in [0.4, 0.5) is 0 Å². The van der Waals surface area contributed by atoms with Crippen molar-refractivity contribution in [2.45, 2.75) is 72.8 Å². The highest BCUT2D eigenvalue weighted by Gasteiger charge is 2.31. The zero-order valence-corrected chi connectivity index (χ0v) is 29.2. The number of hydrogen-bond acceptors (Lipinski definition) is 7. The molecule has 0 N–H and O–H groups in total. The lowest BCUT2D eigenvalue weighted by Gasteiger charge is -2.32. The van der Waals surface area contributed by atoms with Gasteiger partial charge >= 0.3 is 5.97 Å². The smallest absolute Gasteiger partial charge is 0.331 e. The van der Waals surface area contributed by atoms with Gasteiger partial charge in [-0.3, -0.25) is 4.79 Å². The highest BCUT2D eigenvalue weighted by atomic mass is 16.5. The van der Waals surface area contributed by atoms with Crippen molar-refractivity contribution in [3.8, 4) is 34.1 Å². The van der Waals surface area contributed by atoms with Crippen LogP contribution in [0.3, 0.4) is 0 Å². The molecule has 250 valence electrons. The predicted octanol–water partition coefficient (Wildman–Crippen LogP) is 8.81. The van der Waals surface area contributed by atoms with Gasteiger partial charge < -0.3 is 23.7 Å². The molecule has 0 spiro atoms. The largest absolute Gasteiger partial charge is 0.493 e. The third kappa shape index (κ3) is 8.07. The van der Waals surface area contributed by atoms with Gasteiger partial charge in [-0.05, 0) is 105 Å².